The van der Waals surface area contributed by atoms with E-state index < -0.39 is 24.0 Å². The Morgan fingerprint density at radius 2 is 1.69 bits per heavy atom. The van der Waals surface area contributed by atoms with Crippen molar-refractivity contribution < 1.29 is 23.9 Å². The van der Waals surface area contributed by atoms with Crippen molar-refractivity contribution in [1.82, 2.24) is 14.7 Å². The highest BCUT2D eigenvalue weighted by Crippen LogP contribution is 2.38. The van der Waals surface area contributed by atoms with Crippen LogP contribution in [0.2, 0.25) is 0 Å². The summed E-state index contributed by atoms with van der Waals surface area (Å²) in [4.78, 5) is 51.3. The number of fused-ring (bicyclic) bond motifs is 1. The van der Waals surface area contributed by atoms with Gasteiger partial charge in [0.25, 0.3) is 5.91 Å². The molecule has 1 N–H and O–H groups in total. The van der Waals surface area contributed by atoms with Crippen molar-refractivity contribution >= 4 is 29.5 Å². The first kappa shape index (κ1) is 21.0. The van der Waals surface area contributed by atoms with Gasteiger partial charge in [-0.15, -0.1) is 0 Å². The molecular weight excluding hydrogens is 376 g/mol. The zero-order valence-corrected chi connectivity index (χ0v) is 17.3. The van der Waals surface area contributed by atoms with Gasteiger partial charge in [-0.2, -0.15) is 5.10 Å². The van der Waals surface area contributed by atoms with Gasteiger partial charge >= 0.3 is 5.97 Å². The second-order valence-electron chi connectivity index (χ2n) is 8.04. The van der Waals surface area contributed by atoms with E-state index in [1.807, 2.05) is 13.8 Å². The maximum Gasteiger partial charge on any atom is 0.329 e. The number of carbonyl (C=O) groups is 4. The molecule has 1 aromatic rings. The lowest BCUT2D eigenvalue weighted by atomic mass is 9.81. The second-order valence-corrected chi connectivity index (χ2v) is 8.04. The average Bonchev–Trinajstić information content (AvgIpc) is 3.24. The molecule has 2 fully saturated rings. The minimum Gasteiger partial charge on any atom is -0.451 e. The molecule has 1 saturated heterocycles. The molecule has 2 heterocycles. The van der Waals surface area contributed by atoms with Crippen LogP contribution in [-0.2, 0) is 23.9 Å². The van der Waals surface area contributed by atoms with Gasteiger partial charge in [-0.1, -0.05) is 12.8 Å². The van der Waals surface area contributed by atoms with E-state index in [-0.39, 0.29) is 29.7 Å². The quantitative estimate of drug-likeness (QED) is 0.573. The number of nitrogens with zero attached hydrogens (tertiary/aromatic N) is 3. The predicted octanol–water partition coefficient (Wildman–Crippen LogP) is 1.90. The van der Waals surface area contributed by atoms with Crippen molar-refractivity contribution in [2.45, 2.75) is 71.6 Å². The third-order valence-corrected chi connectivity index (χ3v) is 5.68. The van der Waals surface area contributed by atoms with Crippen LogP contribution in [0.15, 0.2) is 12.3 Å². The molecule has 9 nitrogen and oxygen atoms in total. The Balaban J connectivity index is 1.61. The van der Waals surface area contributed by atoms with Gasteiger partial charge in [0.2, 0.25) is 11.8 Å². The van der Waals surface area contributed by atoms with E-state index in [0.717, 1.165) is 17.7 Å². The van der Waals surface area contributed by atoms with Crippen molar-refractivity contribution in [2.75, 3.05) is 5.32 Å². The molecule has 3 rings (SSSR count). The van der Waals surface area contributed by atoms with Crippen LogP contribution in [0.5, 0.6) is 0 Å². The molecule has 0 radical (unpaired) electrons. The Morgan fingerprint density at radius 3 is 2.24 bits per heavy atom. The first-order chi connectivity index (χ1) is 13.7. The monoisotopic (exact) mass is 404 g/mol. The summed E-state index contributed by atoms with van der Waals surface area (Å²) in [5, 5.41) is 6.81. The fourth-order valence-electron chi connectivity index (χ4n) is 4.05. The number of aromatic nitrogens is 2. The third-order valence-electron chi connectivity index (χ3n) is 5.68. The van der Waals surface area contributed by atoms with Crippen molar-refractivity contribution in [3.63, 3.8) is 0 Å². The average molecular weight is 404 g/mol. The Bertz CT molecular complexity index is 794. The lowest BCUT2D eigenvalue weighted by Gasteiger charge is -2.23. The first-order valence-corrected chi connectivity index (χ1v) is 10.1. The number of rotatable bonds is 6. The number of hydrogen-bond acceptors (Lipinski definition) is 6. The lowest BCUT2D eigenvalue weighted by molar-refractivity contribution is -0.163. The van der Waals surface area contributed by atoms with E-state index in [0.29, 0.717) is 18.7 Å². The van der Waals surface area contributed by atoms with Crippen LogP contribution >= 0.6 is 0 Å². The number of imide groups is 1. The number of likely N-dealkylation sites (tertiary alicyclic amines) is 1. The molecule has 1 aromatic heterocycles. The maximum atomic E-state index is 12.6. The second kappa shape index (κ2) is 8.34. The minimum atomic E-state index is -1.09. The van der Waals surface area contributed by atoms with E-state index in [1.165, 1.54) is 13.8 Å². The highest BCUT2D eigenvalue weighted by Gasteiger charge is 2.51. The van der Waals surface area contributed by atoms with Crippen molar-refractivity contribution in [3.05, 3.63) is 12.3 Å². The van der Waals surface area contributed by atoms with Crippen LogP contribution < -0.4 is 5.32 Å². The van der Waals surface area contributed by atoms with Gasteiger partial charge in [0, 0.05) is 12.1 Å². The number of anilines is 1. The summed E-state index contributed by atoms with van der Waals surface area (Å²) in [5.74, 6) is -2.06. The normalized spacial score (nSPS) is 23.7. The molecule has 2 aliphatic rings. The molecule has 0 bridgehead atoms. The number of nitrogens with one attached hydrogen (secondary N) is 1. The minimum absolute atomic E-state index is 0.0499. The van der Waals surface area contributed by atoms with Crippen molar-refractivity contribution in [1.29, 1.82) is 0 Å². The van der Waals surface area contributed by atoms with Crippen molar-refractivity contribution in [2.24, 2.45) is 11.8 Å². The number of esters is 1. The van der Waals surface area contributed by atoms with Crippen molar-refractivity contribution in [3.8, 4) is 0 Å². The van der Waals surface area contributed by atoms with Gasteiger partial charge in [0.1, 0.15) is 11.9 Å². The maximum absolute atomic E-state index is 12.6. The van der Waals surface area contributed by atoms with Gasteiger partial charge < -0.3 is 10.1 Å². The Morgan fingerprint density at radius 1 is 1.10 bits per heavy atom. The Labute approximate surface area is 169 Å². The first-order valence-electron chi connectivity index (χ1n) is 10.1. The number of hydrogen-bond donors (Lipinski definition) is 1. The van der Waals surface area contributed by atoms with E-state index in [9.17, 15) is 19.2 Å². The third kappa shape index (κ3) is 4.04. The summed E-state index contributed by atoms with van der Waals surface area (Å²) in [5.41, 5.74) is 0. The van der Waals surface area contributed by atoms with Crippen LogP contribution in [0.4, 0.5) is 5.82 Å². The molecule has 4 atom stereocenters. The number of carbonyl (C=O) groups excluding carboxylic acids is 4. The van der Waals surface area contributed by atoms with Gasteiger partial charge in [-0.3, -0.25) is 19.3 Å². The molecule has 9 heteroatoms. The van der Waals surface area contributed by atoms with Crippen LogP contribution in [0, 0.1) is 11.8 Å². The van der Waals surface area contributed by atoms with Gasteiger partial charge in [0.15, 0.2) is 6.10 Å². The highest BCUT2D eigenvalue weighted by atomic mass is 16.5. The zero-order valence-electron chi connectivity index (χ0n) is 17.3. The number of amides is 3. The largest absolute Gasteiger partial charge is 0.451 e. The summed E-state index contributed by atoms with van der Waals surface area (Å²) in [6, 6.07) is 0.643. The van der Waals surface area contributed by atoms with Gasteiger partial charge in [-0.25, -0.2) is 9.48 Å². The number of ether oxygens (including phenoxy) is 1. The molecule has 0 spiro atoms. The van der Waals surface area contributed by atoms with Crippen LogP contribution in [-0.4, -0.2) is 50.5 Å². The van der Waals surface area contributed by atoms with E-state index in [2.05, 4.69) is 10.4 Å². The molecule has 0 aromatic carbocycles. The topological polar surface area (TPSA) is 111 Å². The molecule has 1 aliphatic carbocycles. The van der Waals surface area contributed by atoms with Gasteiger partial charge in [-0.05, 0) is 40.5 Å². The van der Waals surface area contributed by atoms with E-state index >= 15 is 0 Å². The fraction of sp³-hybridized carbons (Fsp3) is 0.650. The molecule has 1 saturated carbocycles. The molecule has 0 unspecified atom stereocenters. The summed E-state index contributed by atoms with van der Waals surface area (Å²) in [6.45, 7) is 6.77. The summed E-state index contributed by atoms with van der Waals surface area (Å²) >= 11 is 0. The molecular formula is C20H28N4O5. The summed E-state index contributed by atoms with van der Waals surface area (Å²) < 4.78 is 6.90. The lowest BCUT2D eigenvalue weighted by Crippen LogP contribution is -2.46. The standard InChI is InChI=1S/C20H28N4O5/c1-11(2)24-16(9-10-21-24)22-17(25)13(4)29-20(28)12(3)23-18(26)14-7-5-6-8-15(14)19(23)27/h9-15H,5-8H2,1-4H3,(H,22,25)/t12-,13+,14-,15+/m1/s1. The molecule has 3 amide bonds. The predicted molar refractivity (Wildman–Crippen MR) is 104 cm³/mol. The molecule has 29 heavy (non-hydrogen) atoms. The fourth-order valence-corrected chi connectivity index (χ4v) is 4.05. The SMILES string of the molecule is CC(C)n1nccc1NC(=O)[C@H](C)OC(=O)[C@@H](C)N1C(=O)[C@H]2CCCC[C@H]2C1=O. The van der Waals surface area contributed by atoms with Crippen LogP contribution in [0.1, 0.15) is 59.4 Å². The smallest absolute Gasteiger partial charge is 0.329 e. The molecule has 1 aliphatic heterocycles. The van der Waals surface area contributed by atoms with E-state index in [4.69, 9.17) is 4.74 Å². The van der Waals surface area contributed by atoms with Gasteiger partial charge in [0.05, 0.1) is 18.0 Å². The zero-order chi connectivity index (χ0) is 21.3. The Hall–Kier alpha value is -2.71. The van der Waals surface area contributed by atoms with E-state index in [1.54, 1.807) is 16.9 Å². The summed E-state index contributed by atoms with van der Waals surface area (Å²) in [6.07, 6.45) is 3.66. The highest BCUT2D eigenvalue weighted by molar-refractivity contribution is 6.08. The van der Waals surface area contributed by atoms with Crippen LogP contribution in [0.25, 0.3) is 0 Å². The molecule has 158 valence electrons. The van der Waals surface area contributed by atoms with Crippen LogP contribution in [0.3, 0.4) is 0 Å². The Kier molecular flexibility index (Phi) is 6.04. The summed E-state index contributed by atoms with van der Waals surface area (Å²) in [7, 11) is 0.